The molecule has 7 heteroatoms. The lowest BCUT2D eigenvalue weighted by atomic mass is 10.1. The Kier molecular flexibility index (Phi) is 6.14. The Bertz CT molecular complexity index is 875. The van der Waals surface area contributed by atoms with Crippen molar-refractivity contribution in [3.63, 3.8) is 0 Å². The zero-order valence-electron chi connectivity index (χ0n) is 13.5. The minimum atomic E-state index is -0.721. The fourth-order valence-corrected chi connectivity index (χ4v) is 2.36. The number of carbonyl (C=O) groups excluding carboxylic acids is 1. The lowest BCUT2D eigenvalue weighted by Crippen LogP contribution is -2.14. The van der Waals surface area contributed by atoms with E-state index in [0.717, 1.165) is 0 Å². The minimum Gasteiger partial charge on any atom is -0.497 e. The maximum Gasteiger partial charge on any atom is 0.266 e. The van der Waals surface area contributed by atoms with Crippen LogP contribution in [0.15, 0.2) is 46.4 Å². The highest BCUT2D eigenvalue weighted by atomic mass is 79.9. The Morgan fingerprint density at radius 1 is 1.24 bits per heavy atom. The maximum atomic E-state index is 13.8. The molecule has 5 nitrogen and oxygen atoms in total. The van der Waals surface area contributed by atoms with E-state index < -0.39 is 11.7 Å². The van der Waals surface area contributed by atoms with Crippen LogP contribution in [0.3, 0.4) is 0 Å². The van der Waals surface area contributed by atoms with Gasteiger partial charge in [-0.15, -0.1) is 0 Å². The third kappa shape index (κ3) is 4.58. The van der Waals surface area contributed by atoms with Crippen LogP contribution >= 0.6 is 15.9 Å². The Morgan fingerprint density at radius 3 is 2.60 bits per heavy atom. The summed E-state index contributed by atoms with van der Waals surface area (Å²) < 4.78 is 24.7. The number of anilines is 1. The standard InChI is InChI=1S/C18H14BrFN2O3/c1-24-14-5-3-11(17(9-14)25-2)7-12(10-21)18(23)22-16-6-4-13(19)8-15(16)20/h3-9H,1-2H3,(H,22,23). The van der Waals surface area contributed by atoms with Crippen LogP contribution in [0.4, 0.5) is 10.1 Å². The number of nitriles is 1. The highest BCUT2D eigenvalue weighted by Gasteiger charge is 2.14. The van der Waals surface area contributed by atoms with E-state index in [4.69, 9.17) is 9.47 Å². The van der Waals surface area contributed by atoms with E-state index >= 15 is 0 Å². The van der Waals surface area contributed by atoms with Gasteiger partial charge in [-0.25, -0.2) is 4.39 Å². The fourth-order valence-electron chi connectivity index (χ4n) is 2.02. The summed E-state index contributed by atoms with van der Waals surface area (Å²) in [6, 6.07) is 11.0. The fraction of sp³-hybridized carbons (Fsp3) is 0.111. The summed E-state index contributed by atoms with van der Waals surface area (Å²) >= 11 is 3.14. The quantitative estimate of drug-likeness (QED) is 0.599. The molecule has 2 aromatic carbocycles. The first-order chi connectivity index (χ1) is 12.0. The van der Waals surface area contributed by atoms with Crippen molar-refractivity contribution in [2.45, 2.75) is 0 Å². The highest BCUT2D eigenvalue weighted by molar-refractivity contribution is 9.10. The molecule has 0 aromatic heterocycles. The van der Waals surface area contributed by atoms with Crippen molar-refractivity contribution in [2.24, 2.45) is 0 Å². The first kappa shape index (κ1) is 18.5. The molecule has 1 N–H and O–H groups in total. The van der Waals surface area contributed by atoms with E-state index in [2.05, 4.69) is 21.2 Å². The molecule has 25 heavy (non-hydrogen) atoms. The maximum absolute atomic E-state index is 13.8. The molecule has 0 spiro atoms. The van der Waals surface area contributed by atoms with Crippen LogP contribution in [0, 0.1) is 17.1 Å². The van der Waals surface area contributed by atoms with Gasteiger partial charge in [0.15, 0.2) is 0 Å². The van der Waals surface area contributed by atoms with Crippen molar-refractivity contribution in [3.05, 3.63) is 57.8 Å². The van der Waals surface area contributed by atoms with E-state index in [0.29, 0.717) is 21.5 Å². The van der Waals surface area contributed by atoms with Crippen molar-refractivity contribution >= 4 is 33.6 Å². The molecule has 0 heterocycles. The van der Waals surface area contributed by atoms with E-state index in [9.17, 15) is 14.4 Å². The SMILES string of the molecule is COc1ccc(C=C(C#N)C(=O)Nc2ccc(Br)cc2F)c(OC)c1. The molecular weight excluding hydrogens is 391 g/mol. The number of ether oxygens (including phenoxy) is 2. The molecule has 0 fully saturated rings. The largest absolute Gasteiger partial charge is 0.497 e. The van der Waals surface area contributed by atoms with Crippen LogP contribution in [0.2, 0.25) is 0 Å². The summed E-state index contributed by atoms with van der Waals surface area (Å²) in [5.74, 6) is -0.313. The van der Waals surface area contributed by atoms with Crippen LogP contribution in [0.25, 0.3) is 6.08 Å². The summed E-state index contributed by atoms with van der Waals surface area (Å²) in [5, 5.41) is 11.6. The highest BCUT2D eigenvalue weighted by Crippen LogP contribution is 2.27. The lowest BCUT2D eigenvalue weighted by Gasteiger charge is -2.09. The number of hydrogen-bond donors (Lipinski definition) is 1. The average Bonchev–Trinajstić information content (AvgIpc) is 2.61. The summed E-state index contributed by atoms with van der Waals surface area (Å²) in [4.78, 5) is 12.3. The van der Waals surface area contributed by atoms with Crippen LogP contribution < -0.4 is 14.8 Å². The van der Waals surface area contributed by atoms with Gasteiger partial charge in [0.2, 0.25) is 0 Å². The molecule has 0 aliphatic rings. The van der Waals surface area contributed by atoms with Gasteiger partial charge in [0.05, 0.1) is 19.9 Å². The number of nitrogens with zero attached hydrogens (tertiary/aromatic N) is 1. The smallest absolute Gasteiger partial charge is 0.266 e. The molecule has 0 aliphatic heterocycles. The lowest BCUT2D eigenvalue weighted by molar-refractivity contribution is -0.112. The van der Waals surface area contributed by atoms with Crippen molar-refractivity contribution in [1.29, 1.82) is 5.26 Å². The summed E-state index contributed by atoms with van der Waals surface area (Å²) in [6.45, 7) is 0. The number of nitrogens with one attached hydrogen (secondary N) is 1. The van der Waals surface area contributed by atoms with Crippen LogP contribution in [-0.2, 0) is 4.79 Å². The predicted octanol–water partition coefficient (Wildman–Crippen LogP) is 4.15. The Morgan fingerprint density at radius 2 is 2.00 bits per heavy atom. The van der Waals surface area contributed by atoms with Crippen molar-refractivity contribution < 1.29 is 18.7 Å². The molecule has 2 rings (SSSR count). The van der Waals surface area contributed by atoms with Gasteiger partial charge in [-0.05, 0) is 36.4 Å². The topological polar surface area (TPSA) is 71.3 Å². The second-order valence-corrected chi connectivity index (χ2v) is 5.77. The van der Waals surface area contributed by atoms with Crippen molar-refractivity contribution in [2.75, 3.05) is 19.5 Å². The van der Waals surface area contributed by atoms with Gasteiger partial charge in [-0.2, -0.15) is 5.26 Å². The number of benzene rings is 2. The normalized spacial score (nSPS) is 10.8. The number of hydrogen-bond acceptors (Lipinski definition) is 4. The zero-order chi connectivity index (χ0) is 18.4. The van der Waals surface area contributed by atoms with Gasteiger partial charge in [0.1, 0.15) is 29.0 Å². The van der Waals surface area contributed by atoms with Crippen LogP contribution in [0.5, 0.6) is 11.5 Å². The van der Waals surface area contributed by atoms with Gasteiger partial charge in [-0.1, -0.05) is 15.9 Å². The molecular formula is C18H14BrFN2O3. The van der Waals surface area contributed by atoms with E-state index in [1.54, 1.807) is 24.3 Å². The predicted molar refractivity (Wildman–Crippen MR) is 95.9 cm³/mol. The molecule has 0 unspecified atom stereocenters. The molecule has 1 amide bonds. The summed E-state index contributed by atoms with van der Waals surface area (Å²) in [7, 11) is 2.99. The van der Waals surface area contributed by atoms with Gasteiger partial charge >= 0.3 is 0 Å². The van der Waals surface area contributed by atoms with E-state index in [1.807, 2.05) is 6.07 Å². The second kappa shape index (κ2) is 8.31. The average molecular weight is 405 g/mol. The number of methoxy groups -OCH3 is 2. The van der Waals surface area contributed by atoms with Gasteiger partial charge in [0.25, 0.3) is 5.91 Å². The monoisotopic (exact) mass is 404 g/mol. The molecule has 128 valence electrons. The second-order valence-electron chi connectivity index (χ2n) is 4.86. The number of carbonyl (C=O) groups is 1. The molecule has 0 bridgehead atoms. The van der Waals surface area contributed by atoms with Gasteiger partial charge in [-0.3, -0.25) is 4.79 Å². The molecule has 2 aromatic rings. The number of rotatable bonds is 5. The molecule has 0 saturated heterocycles. The zero-order valence-corrected chi connectivity index (χ0v) is 15.1. The minimum absolute atomic E-state index is 0.0176. The van der Waals surface area contributed by atoms with Crippen molar-refractivity contribution in [3.8, 4) is 17.6 Å². The van der Waals surface area contributed by atoms with E-state index in [1.165, 1.54) is 32.4 Å². The first-order valence-corrected chi connectivity index (χ1v) is 7.88. The molecule has 0 saturated carbocycles. The Balaban J connectivity index is 2.31. The third-order valence-electron chi connectivity index (χ3n) is 3.28. The van der Waals surface area contributed by atoms with Gasteiger partial charge < -0.3 is 14.8 Å². The first-order valence-electron chi connectivity index (χ1n) is 7.08. The molecule has 0 atom stereocenters. The Hall–Kier alpha value is -2.85. The number of halogens is 2. The third-order valence-corrected chi connectivity index (χ3v) is 3.78. The van der Waals surface area contributed by atoms with Crippen molar-refractivity contribution in [1.82, 2.24) is 0 Å². The van der Waals surface area contributed by atoms with Crippen LogP contribution in [0.1, 0.15) is 5.56 Å². The van der Waals surface area contributed by atoms with E-state index in [-0.39, 0.29) is 11.3 Å². The Labute approximate surface area is 152 Å². The number of amides is 1. The molecule has 0 aliphatic carbocycles. The summed E-state index contributed by atoms with van der Waals surface area (Å²) in [6.07, 6.45) is 1.37. The van der Waals surface area contributed by atoms with Gasteiger partial charge in [0, 0.05) is 16.1 Å². The summed E-state index contributed by atoms with van der Waals surface area (Å²) in [5.41, 5.74) is 0.313. The van der Waals surface area contributed by atoms with Crippen LogP contribution in [-0.4, -0.2) is 20.1 Å². The molecule has 0 radical (unpaired) electrons.